The molecule has 2 aromatic rings. The Morgan fingerprint density at radius 3 is 3.08 bits per heavy atom. The normalized spacial score (nSPS) is 18.2. The number of hydrogen-bond acceptors (Lipinski definition) is 5. The second kappa shape index (κ2) is 7.92. The number of thiophene rings is 1. The highest BCUT2D eigenvalue weighted by molar-refractivity contribution is 7.07. The van der Waals surface area contributed by atoms with E-state index < -0.39 is 0 Å². The molecule has 6 nitrogen and oxygen atoms in total. The van der Waals surface area contributed by atoms with Crippen LogP contribution >= 0.6 is 11.3 Å². The van der Waals surface area contributed by atoms with Crippen LogP contribution < -0.4 is 0 Å². The van der Waals surface area contributed by atoms with Crippen molar-refractivity contribution in [2.75, 3.05) is 33.9 Å². The average Bonchev–Trinajstić information content (AvgIpc) is 3.16. The van der Waals surface area contributed by atoms with Crippen molar-refractivity contribution in [1.82, 2.24) is 19.4 Å². The van der Waals surface area contributed by atoms with Crippen LogP contribution in [0.15, 0.2) is 29.4 Å². The van der Waals surface area contributed by atoms with Gasteiger partial charge in [0.2, 0.25) is 5.91 Å². The smallest absolute Gasteiger partial charge is 0.248 e. The molecule has 7 heteroatoms. The molecule has 0 aromatic carbocycles. The van der Waals surface area contributed by atoms with E-state index in [1.807, 2.05) is 12.5 Å². The Kier molecular flexibility index (Phi) is 5.65. The summed E-state index contributed by atoms with van der Waals surface area (Å²) in [5.74, 6) is 0.344. The molecule has 1 amide bonds. The minimum atomic E-state index is 0.00192. The van der Waals surface area contributed by atoms with Gasteiger partial charge in [-0.1, -0.05) is 0 Å². The Morgan fingerprint density at radius 1 is 1.46 bits per heavy atom. The summed E-state index contributed by atoms with van der Waals surface area (Å²) >= 11 is 1.73. The summed E-state index contributed by atoms with van der Waals surface area (Å²) in [6, 6.07) is 2.17. The van der Waals surface area contributed by atoms with Crippen LogP contribution in [0.1, 0.15) is 11.3 Å². The minimum Gasteiger partial charge on any atom is -0.371 e. The molecule has 0 saturated heterocycles. The third kappa shape index (κ3) is 4.43. The second-order valence-electron chi connectivity index (χ2n) is 6.51. The molecule has 0 spiro atoms. The number of aromatic nitrogens is 2. The molecule has 3 rings (SSSR count). The molecule has 3 heterocycles. The summed E-state index contributed by atoms with van der Waals surface area (Å²) in [5, 5.41) is 4.31. The van der Waals surface area contributed by atoms with Crippen LogP contribution in [0.4, 0.5) is 0 Å². The number of likely N-dealkylation sites (N-methyl/N-ethyl adjacent to an activating group) is 1. The van der Waals surface area contributed by atoms with Gasteiger partial charge in [-0.15, -0.1) is 0 Å². The Balaban J connectivity index is 1.62. The van der Waals surface area contributed by atoms with E-state index in [4.69, 9.17) is 4.74 Å². The zero-order chi connectivity index (χ0) is 16.9. The van der Waals surface area contributed by atoms with Gasteiger partial charge in [0.15, 0.2) is 0 Å². The van der Waals surface area contributed by atoms with Crippen LogP contribution in [0.3, 0.4) is 0 Å². The number of imidazole rings is 1. The first kappa shape index (κ1) is 17.1. The van der Waals surface area contributed by atoms with Gasteiger partial charge in [0.25, 0.3) is 0 Å². The fourth-order valence-corrected chi connectivity index (χ4v) is 3.61. The number of nitrogens with zero attached hydrogens (tertiary/aromatic N) is 4. The molecular weight excluding hydrogens is 324 g/mol. The summed E-state index contributed by atoms with van der Waals surface area (Å²) in [6.45, 7) is 4.38. The van der Waals surface area contributed by atoms with Gasteiger partial charge in [-0.3, -0.25) is 9.69 Å². The monoisotopic (exact) mass is 348 g/mol. The average molecular weight is 348 g/mol. The first-order chi connectivity index (χ1) is 11.6. The van der Waals surface area contributed by atoms with E-state index in [1.165, 1.54) is 11.3 Å². The van der Waals surface area contributed by atoms with Crippen molar-refractivity contribution in [2.24, 2.45) is 5.92 Å². The summed E-state index contributed by atoms with van der Waals surface area (Å²) in [4.78, 5) is 19.9. The van der Waals surface area contributed by atoms with Crippen LogP contribution in [0.5, 0.6) is 0 Å². The summed E-state index contributed by atoms with van der Waals surface area (Å²) in [6.07, 6.45) is 3.83. The Morgan fingerprint density at radius 2 is 2.33 bits per heavy atom. The number of amides is 1. The van der Waals surface area contributed by atoms with Crippen molar-refractivity contribution in [1.29, 1.82) is 0 Å². The zero-order valence-corrected chi connectivity index (χ0v) is 15.0. The van der Waals surface area contributed by atoms with Gasteiger partial charge in [-0.05, 0) is 22.4 Å². The highest BCUT2D eigenvalue weighted by atomic mass is 32.1. The lowest BCUT2D eigenvalue weighted by atomic mass is 10.1. The molecule has 0 bridgehead atoms. The zero-order valence-electron chi connectivity index (χ0n) is 14.2. The largest absolute Gasteiger partial charge is 0.371 e. The molecule has 1 atom stereocenters. The molecule has 1 aliphatic heterocycles. The standard InChI is InChI=1S/C17H24N4O2S/c1-19(2)17(22)11-23-10-15-7-20(6-14-3-4-24-12-14)9-16-5-18-13-21(16)8-15/h3-5,12-13,15H,6-11H2,1-2H3. The molecule has 0 aliphatic carbocycles. The fourth-order valence-electron chi connectivity index (χ4n) is 2.95. The Bertz CT molecular complexity index is 653. The summed E-state index contributed by atoms with van der Waals surface area (Å²) in [7, 11) is 3.50. The summed E-state index contributed by atoms with van der Waals surface area (Å²) < 4.78 is 7.88. The lowest BCUT2D eigenvalue weighted by Crippen LogP contribution is -2.32. The predicted molar refractivity (Wildman–Crippen MR) is 93.7 cm³/mol. The van der Waals surface area contributed by atoms with Crippen molar-refractivity contribution < 1.29 is 9.53 Å². The van der Waals surface area contributed by atoms with Gasteiger partial charge < -0.3 is 14.2 Å². The predicted octanol–water partition coefficient (Wildman–Crippen LogP) is 1.68. The number of rotatable bonds is 6. The molecular formula is C17H24N4O2S. The van der Waals surface area contributed by atoms with Crippen LogP contribution in [0, 0.1) is 5.92 Å². The van der Waals surface area contributed by atoms with Gasteiger partial charge in [0.05, 0.1) is 18.6 Å². The van der Waals surface area contributed by atoms with Crippen molar-refractivity contribution in [3.8, 4) is 0 Å². The third-order valence-corrected chi connectivity index (χ3v) is 4.95. The van der Waals surface area contributed by atoms with Gasteiger partial charge >= 0.3 is 0 Å². The fraction of sp³-hybridized carbons (Fsp3) is 0.529. The van der Waals surface area contributed by atoms with Crippen LogP contribution in [-0.4, -0.2) is 59.1 Å². The van der Waals surface area contributed by atoms with E-state index in [9.17, 15) is 4.79 Å². The van der Waals surface area contributed by atoms with Gasteiger partial charge in [-0.2, -0.15) is 11.3 Å². The number of fused-ring (bicyclic) bond motifs is 1. The SMILES string of the molecule is CN(C)C(=O)COCC1CN(Cc2ccsc2)Cc2cncn2C1. The molecule has 130 valence electrons. The van der Waals surface area contributed by atoms with E-state index in [2.05, 4.69) is 31.3 Å². The molecule has 1 aliphatic rings. The molecule has 0 saturated carbocycles. The molecule has 0 radical (unpaired) electrons. The maximum Gasteiger partial charge on any atom is 0.248 e. The van der Waals surface area contributed by atoms with Gasteiger partial charge in [0.1, 0.15) is 6.61 Å². The number of carbonyl (C=O) groups excluding carboxylic acids is 1. The molecule has 2 aromatic heterocycles. The Labute approximate surface area is 146 Å². The minimum absolute atomic E-state index is 0.00192. The van der Waals surface area contributed by atoms with Crippen molar-refractivity contribution in [3.05, 3.63) is 40.6 Å². The lowest BCUT2D eigenvalue weighted by Gasteiger charge is -2.23. The van der Waals surface area contributed by atoms with Crippen molar-refractivity contribution in [3.63, 3.8) is 0 Å². The molecule has 1 unspecified atom stereocenters. The molecule has 0 N–H and O–H groups in total. The lowest BCUT2D eigenvalue weighted by molar-refractivity contribution is -0.134. The highest BCUT2D eigenvalue weighted by Gasteiger charge is 2.22. The van der Waals surface area contributed by atoms with Gasteiger partial charge in [-0.25, -0.2) is 4.98 Å². The number of carbonyl (C=O) groups is 1. The van der Waals surface area contributed by atoms with Crippen molar-refractivity contribution >= 4 is 17.2 Å². The summed E-state index contributed by atoms with van der Waals surface area (Å²) in [5.41, 5.74) is 2.58. The van der Waals surface area contributed by atoms with Crippen LogP contribution in [0.25, 0.3) is 0 Å². The highest BCUT2D eigenvalue weighted by Crippen LogP contribution is 2.19. The number of ether oxygens (including phenoxy) is 1. The van der Waals surface area contributed by atoms with Crippen LogP contribution in [-0.2, 0) is 29.2 Å². The maximum atomic E-state index is 11.7. The topological polar surface area (TPSA) is 50.6 Å². The van der Waals surface area contributed by atoms with E-state index >= 15 is 0 Å². The van der Waals surface area contributed by atoms with Crippen LogP contribution in [0.2, 0.25) is 0 Å². The van der Waals surface area contributed by atoms with E-state index in [-0.39, 0.29) is 12.5 Å². The quantitative estimate of drug-likeness (QED) is 0.797. The van der Waals surface area contributed by atoms with E-state index in [1.54, 1.807) is 30.3 Å². The maximum absolute atomic E-state index is 11.7. The molecule has 0 fully saturated rings. The first-order valence-corrected chi connectivity index (χ1v) is 9.06. The Hall–Kier alpha value is -1.70. The number of hydrogen-bond donors (Lipinski definition) is 0. The second-order valence-corrected chi connectivity index (χ2v) is 7.29. The van der Waals surface area contributed by atoms with Crippen molar-refractivity contribution in [2.45, 2.75) is 19.6 Å². The van der Waals surface area contributed by atoms with E-state index in [0.29, 0.717) is 12.5 Å². The first-order valence-electron chi connectivity index (χ1n) is 8.12. The third-order valence-electron chi connectivity index (χ3n) is 4.22. The van der Waals surface area contributed by atoms with Gasteiger partial charge in [0, 0.05) is 52.4 Å². The molecule has 24 heavy (non-hydrogen) atoms. The van der Waals surface area contributed by atoms with E-state index in [0.717, 1.165) is 26.2 Å².